The molecule has 2 amide bonds. The standard InChI is InChI=1S/C24H34N2O4/c1-18(2)13-25-14-22(30-17-19-8-7-11-21(12-19)29-3)15-26(16-23(25)27)24(28)20-9-5-4-6-10-20/h4-5,7-8,11-12,18,20,22H,6,9-10,13-17H2,1-3H3/t20-,22+/m1/s1. The van der Waals surface area contributed by atoms with Crippen molar-refractivity contribution in [1.29, 1.82) is 0 Å². The van der Waals surface area contributed by atoms with Gasteiger partial charge in [-0.3, -0.25) is 9.59 Å². The lowest BCUT2D eigenvalue weighted by Crippen LogP contribution is -2.43. The van der Waals surface area contributed by atoms with E-state index in [1.54, 1.807) is 12.0 Å². The number of allylic oxidation sites excluding steroid dienone is 2. The van der Waals surface area contributed by atoms with Gasteiger partial charge in [-0.15, -0.1) is 0 Å². The van der Waals surface area contributed by atoms with Crippen LogP contribution in [0, 0.1) is 11.8 Å². The summed E-state index contributed by atoms with van der Waals surface area (Å²) >= 11 is 0. The lowest BCUT2D eigenvalue weighted by Gasteiger charge is -2.28. The SMILES string of the molecule is COc1cccc(CO[C@H]2CN(CC(C)C)C(=O)CN(C(=O)[C@@H]3CC=CCC3)C2)c1. The highest BCUT2D eigenvalue weighted by atomic mass is 16.5. The number of carbonyl (C=O) groups is 2. The lowest BCUT2D eigenvalue weighted by atomic mass is 9.93. The molecular formula is C24H34N2O4. The summed E-state index contributed by atoms with van der Waals surface area (Å²) < 4.78 is 11.5. The molecule has 0 N–H and O–H groups in total. The molecule has 0 unspecified atom stereocenters. The molecule has 2 aliphatic rings. The maximum absolute atomic E-state index is 13.1. The van der Waals surface area contributed by atoms with Gasteiger partial charge in [-0.25, -0.2) is 0 Å². The third-order valence-electron chi connectivity index (χ3n) is 5.66. The van der Waals surface area contributed by atoms with Crippen molar-refractivity contribution < 1.29 is 19.1 Å². The van der Waals surface area contributed by atoms with E-state index in [9.17, 15) is 9.59 Å². The summed E-state index contributed by atoms with van der Waals surface area (Å²) in [5.41, 5.74) is 1.01. The number of carbonyl (C=O) groups excluding carboxylic acids is 2. The van der Waals surface area contributed by atoms with Crippen molar-refractivity contribution in [3.8, 4) is 5.75 Å². The highest BCUT2D eigenvalue weighted by Gasteiger charge is 2.33. The summed E-state index contributed by atoms with van der Waals surface area (Å²) in [7, 11) is 1.64. The van der Waals surface area contributed by atoms with E-state index in [4.69, 9.17) is 9.47 Å². The van der Waals surface area contributed by atoms with E-state index < -0.39 is 0 Å². The zero-order valence-corrected chi connectivity index (χ0v) is 18.4. The lowest BCUT2D eigenvalue weighted by molar-refractivity contribution is -0.141. The Hall–Kier alpha value is -2.34. The van der Waals surface area contributed by atoms with Crippen LogP contribution in [-0.2, 0) is 20.9 Å². The molecule has 0 saturated carbocycles. The molecule has 1 aromatic carbocycles. The minimum atomic E-state index is -0.218. The van der Waals surface area contributed by atoms with Crippen LogP contribution in [-0.4, -0.2) is 61.0 Å². The average Bonchev–Trinajstić information content (AvgIpc) is 2.91. The van der Waals surface area contributed by atoms with Gasteiger partial charge in [-0.2, -0.15) is 0 Å². The van der Waals surface area contributed by atoms with Gasteiger partial charge in [-0.05, 0) is 42.9 Å². The highest BCUT2D eigenvalue weighted by Crippen LogP contribution is 2.23. The minimum absolute atomic E-state index is 0.0101. The summed E-state index contributed by atoms with van der Waals surface area (Å²) in [5.74, 6) is 1.21. The molecule has 1 saturated heterocycles. The fourth-order valence-electron chi connectivity index (χ4n) is 4.12. The quantitative estimate of drug-likeness (QED) is 0.643. The Labute approximate surface area is 179 Å². The van der Waals surface area contributed by atoms with Crippen molar-refractivity contribution in [2.75, 3.05) is 33.3 Å². The van der Waals surface area contributed by atoms with E-state index in [0.29, 0.717) is 32.2 Å². The molecule has 1 heterocycles. The normalized spacial score (nSPS) is 22.3. The molecule has 0 bridgehead atoms. The zero-order valence-electron chi connectivity index (χ0n) is 18.4. The second kappa shape index (κ2) is 10.6. The predicted molar refractivity (Wildman–Crippen MR) is 116 cm³/mol. The van der Waals surface area contributed by atoms with Crippen LogP contribution in [0.1, 0.15) is 38.7 Å². The van der Waals surface area contributed by atoms with Crippen LogP contribution in [0.15, 0.2) is 36.4 Å². The number of amides is 2. The molecule has 30 heavy (non-hydrogen) atoms. The molecule has 1 aliphatic heterocycles. The summed E-state index contributed by atoms with van der Waals surface area (Å²) in [6.07, 6.45) is 6.52. The molecular weight excluding hydrogens is 380 g/mol. The van der Waals surface area contributed by atoms with Crippen LogP contribution < -0.4 is 4.74 Å². The van der Waals surface area contributed by atoms with E-state index >= 15 is 0 Å². The number of hydrogen-bond acceptors (Lipinski definition) is 4. The number of ether oxygens (including phenoxy) is 2. The topological polar surface area (TPSA) is 59.1 Å². The van der Waals surface area contributed by atoms with Gasteiger partial charge in [0.05, 0.1) is 26.4 Å². The molecule has 6 heteroatoms. The van der Waals surface area contributed by atoms with Crippen LogP contribution in [0.25, 0.3) is 0 Å². The van der Waals surface area contributed by atoms with Gasteiger partial charge < -0.3 is 19.3 Å². The number of hydrogen-bond donors (Lipinski definition) is 0. The van der Waals surface area contributed by atoms with Crippen molar-refractivity contribution in [2.45, 2.75) is 45.8 Å². The molecule has 1 fully saturated rings. The second-order valence-electron chi connectivity index (χ2n) is 8.68. The summed E-state index contributed by atoms with van der Waals surface area (Å²) in [5, 5.41) is 0. The monoisotopic (exact) mass is 414 g/mol. The minimum Gasteiger partial charge on any atom is -0.497 e. The van der Waals surface area contributed by atoms with Crippen LogP contribution in [0.3, 0.4) is 0 Å². The number of methoxy groups -OCH3 is 1. The van der Waals surface area contributed by atoms with Crippen molar-refractivity contribution in [2.24, 2.45) is 11.8 Å². The largest absolute Gasteiger partial charge is 0.497 e. The van der Waals surface area contributed by atoms with Gasteiger partial charge in [0.1, 0.15) is 5.75 Å². The van der Waals surface area contributed by atoms with Gasteiger partial charge in [0.15, 0.2) is 0 Å². The maximum atomic E-state index is 13.1. The van der Waals surface area contributed by atoms with E-state index in [0.717, 1.165) is 30.6 Å². The Morgan fingerprint density at radius 1 is 1.23 bits per heavy atom. The molecule has 6 nitrogen and oxygen atoms in total. The molecule has 0 aromatic heterocycles. The predicted octanol–water partition coefficient (Wildman–Crippen LogP) is 3.26. The van der Waals surface area contributed by atoms with E-state index in [1.165, 1.54) is 0 Å². The maximum Gasteiger partial charge on any atom is 0.242 e. The highest BCUT2D eigenvalue weighted by molar-refractivity contribution is 5.86. The molecule has 164 valence electrons. The van der Waals surface area contributed by atoms with Crippen molar-refractivity contribution in [1.82, 2.24) is 9.80 Å². The molecule has 2 atom stereocenters. The van der Waals surface area contributed by atoms with Crippen LogP contribution in [0.4, 0.5) is 0 Å². The number of nitrogens with zero attached hydrogens (tertiary/aromatic N) is 2. The molecule has 0 radical (unpaired) electrons. The first kappa shape index (κ1) is 22.3. The van der Waals surface area contributed by atoms with Gasteiger partial charge in [0.25, 0.3) is 0 Å². The number of rotatable bonds is 7. The van der Waals surface area contributed by atoms with E-state index in [-0.39, 0.29) is 30.4 Å². The first-order valence-corrected chi connectivity index (χ1v) is 10.9. The van der Waals surface area contributed by atoms with Crippen LogP contribution in [0.2, 0.25) is 0 Å². The Kier molecular flexibility index (Phi) is 7.91. The average molecular weight is 415 g/mol. The fourth-order valence-corrected chi connectivity index (χ4v) is 4.12. The van der Waals surface area contributed by atoms with Crippen LogP contribution in [0.5, 0.6) is 5.75 Å². The summed E-state index contributed by atoms with van der Waals surface area (Å²) in [4.78, 5) is 29.6. The first-order chi connectivity index (χ1) is 14.5. The molecule has 1 aliphatic carbocycles. The van der Waals surface area contributed by atoms with Gasteiger partial charge in [0.2, 0.25) is 11.8 Å². The van der Waals surface area contributed by atoms with Crippen LogP contribution >= 0.6 is 0 Å². The molecule has 1 aromatic rings. The fraction of sp³-hybridized carbons (Fsp3) is 0.583. The Bertz CT molecular complexity index is 761. The van der Waals surface area contributed by atoms with Crippen molar-refractivity contribution in [3.63, 3.8) is 0 Å². The molecule has 3 rings (SSSR count). The third-order valence-corrected chi connectivity index (χ3v) is 5.66. The summed E-state index contributed by atoms with van der Waals surface area (Å²) in [6, 6.07) is 7.78. The van der Waals surface area contributed by atoms with Gasteiger partial charge in [0, 0.05) is 25.6 Å². The molecule has 0 spiro atoms. The second-order valence-corrected chi connectivity index (χ2v) is 8.68. The Balaban J connectivity index is 1.71. The van der Waals surface area contributed by atoms with Crippen molar-refractivity contribution >= 4 is 11.8 Å². The smallest absolute Gasteiger partial charge is 0.242 e. The van der Waals surface area contributed by atoms with Gasteiger partial charge >= 0.3 is 0 Å². The summed E-state index contributed by atoms with van der Waals surface area (Å²) in [6.45, 7) is 6.39. The van der Waals surface area contributed by atoms with E-state index in [1.807, 2.05) is 29.2 Å². The van der Waals surface area contributed by atoms with Gasteiger partial charge in [-0.1, -0.05) is 38.1 Å². The van der Waals surface area contributed by atoms with E-state index in [2.05, 4.69) is 26.0 Å². The first-order valence-electron chi connectivity index (χ1n) is 10.9. The third kappa shape index (κ3) is 6.08. The van der Waals surface area contributed by atoms with Crippen molar-refractivity contribution in [3.05, 3.63) is 42.0 Å². The Morgan fingerprint density at radius 3 is 2.77 bits per heavy atom. The zero-order chi connectivity index (χ0) is 21.5. The number of benzene rings is 1. The Morgan fingerprint density at radius 2 is 2.07 bits per heavy atom.